The summed E-state index contributed by atoms with van der Waals surface area (Å²) in [6.07, 6.45) is 4.39. The highest BCUT2D eigenvalue weighted by atomic mass is 16.2. The molecule has 0 unspecified atom stereocenters. The van der Waals surface area contributed by atoms with E-state index in [1.165, 1.54) is 0 Å². The van der Waals surface area contributed by atoms with E-state index >= 15 is 0 Å². The second-order valence-electron chi connectivity index (χ2n) is 7.32. The molecular formula is C19H23N3O3. The number of amides is 4. The topological polar surface area (TPSA) is 69.7 Å². The van der Waals surface area contributed by atoms with E-state index in [2.05, 4.69) is 5.32 Å². The Bertz CT molecular complexity index is 747. The van der Waals surface area contributed by atoms with Gasteiger partial charge in [0.2, 0.25) is 5.91 Å². The SMILES string of the molecule is C[C@H]1CCCCN1C(=O)CN1C(=O)N[C@]2(CCc3ccccc32)C1=O. The van der Waals surface area contributed by atoms with Crippen LogP contribution in [-0.2, 0) is 21.5 Å². The first-order chi connectivity index (χ1) is 12.0. The number of rotatable bonds is 2. The number of fused-ring (bicyclic) bond motifs is 2. The lowest BCUT2D eigenvalue weighted by molar-refractivity contribution is -0.141. The fourth-order valence-electron chi connectivity index (χ4n) is 4.43. The first-order valence-electron chi connectivity index (χ1n) is 9.05. The van der Waals surface area contributed by atoms with Gasteiger partial charge in [0.1, 0.15) is 12.1 Å². The lowest BCUT2D eigenvalue weighted by atomic mass is 9.92. The summed E-state index contributed by atoms with van der Waals surface area (Å²) in [5, 5.41) is 2.87. The Morgan fingerprint density at radius 3 is 2.88 bits per heavy atom. The van der Waals surface area contributed by atoms with Gasteiger partial charge in [0.05, 0.1) is 0 Å². The van der Waals surface area contributed by atoms with Crippen molar-refractivity contribution in [2.24, 2.45) is 0 Å². The van der Waals surface area contributed by atoms with Gasteiger partial charge in [-0.25, -0.2) is 4.79 Å². The molecule has 6 nitrogen and oxygen atoms in total. The molecule has 2 aliphatic heterocycles. The lowest BCUT2D eigenvalue weighted by Gasteiger charge is -2.34. The molecule has 2 saturated heterocycles. The molecule has 0 saturated carbocycles. The van der Waals surface area contributed by atoms with Crippen molar-refractivity contribution in [3.63, 3.8) is 0 Å². The van der Waals surface area contributed by atoms with Crippen molar-refractivity contribution < 1.29 is 14.4 Å². The van der Waals surface area contributed by atoms with Crippen LogP contribution in [0.15, 0.2) is 24.3 Å². The van der Waals surface area contributed by atoms with Crippen LogP contribution >= 0.6 is 0 Å². The Kier molecular flexibility index (Phi) is 3.78. The maximum atomic E-state index is 13.1. The van der Waals surface area contributed by atoms with Crippen molar-refractivity contribution in [2.45, 2.75) is 50.6 Å². The maximum absolute atomic E-state index is 13.1. The molecule has 0 aromatic heterocycles. The van der Waals surface area contributed by atoms with Crippen LogP contribution in [0.1, 0.15) is 43.7 Å². The van der Waals surface area contributed by atoms with E-state index in [1.54, 1.807) is 4.90 Å². The highest BCUT2D eigenvalue weighted by Gasteiger charge is 2.55. The third kappa shape index (κ3) is 2.42. The summed E-state index contributed by atoms with van der Waals surface area (Å²) in [7, 11) is 0. The molecule has 25 heavy (non-hydrogen) atoms. The van der Waals surface area contributed by atoms with Gasteiger partial charge in [-0.15, -0.1) is 0 Å². The molecular weight excluding hydrogens is 318 g/mol. The van der Waals surface area contributed by atoms with Crippen molar-refractivity contribution >= 4 is 17.8 Å². The Morgan fingerprint density at radius 2 is 2.08 bits per heavy atom. The quantitative estimate of drug-likeness (QED) is 0.834. The Hall–Kier alpha value is -2.37. The number of piperidine rings is 1. The molecule has 6 heteroatoms. The number of imide groups is 1. The number of nitrogens with zero attached hydrogens (tertiary/aromatic N) is 2. The summed E-state index contributed by atoms with van der Waals surface area (Å²) in [6.45, 7) is 2.56. The number of hydrogen-bond acceptors (Lipinski definition) is 3. The minimum atomic E-state index is -0.985. The van der Waals surface area contributed by atoms with E-state index < -0.39 is 11.6 Å². The summed E-state index contributed by atoms with van der Waals surface area (Å²) in [5.41, 5.74) is 0.977. The van der Waals surface area contributed by atoms with Crippen LogP contribution in [-0.4, -0.2) is 46.8 Å². The van der Waals surface area contributed by atoms with Gasteiger partial charge in [-0.2, -0.15) is 0 Å². The molecule has 1 aromatic rings. The molecule has 2 atom stereocenters. The third-order valence-electron chi connectivity index (χ3n) is 5.84. The molecule has 0 bridgehead atoms. The molecule has 1 spiro atoms. The number of hydrogen-bond donors (Lipinski definition) is 1. The summed E-state index contributed by atoms with van der Waals surface area (Å²) in [4.78, 5) is 41.1. The van der Waals surface area contributed by atoms with E-state index in [1.807, 2.05) is 31.2 Å². The number of benzene rings is 1. The zero-order valence-corrected chi connectivity index (χ0v) is 14.5. The monoisotopic (exact) mass is 341 g/mol. The fourth-order valence-corrected chi connectivity index (χ4v) is 4.43. The molecule has 1 N–H and O–H groups in total. The van der Waals surface area contributed by atoms with E-state index in [9.17, 15) is 14.4 Å². The number of aryl methyl sites for hydroxylation is 1. The van der Waals surface area contributed by atoms with E-state index in [4.69, 9.17) is 0 Å². The number of carbonyl (C=O) groups excluding carboxylic acids is 3. The predicted molar refractivity (Wildman–Crippen MR) is 91.7 cm³/mol. The molecule has 132 valence electrons. The highest BCUT2D eigenvalue weighted by Crippen LogP contribution is 2.41. The summed E-state index contributed by atoms with van der Waals surface area (Å²) in [5.74, 6) is -0.431. The minimum Gasteiger partial charge on any atom is -0.338 e. The number of urea groups is 1. The predicted octanol–water partition coefficient (Wildman–Crippen LogP) is 1.78. The average Bonchev–Trinajstić information content (AvgIpc) is 3.09. The number of nitrogens with one attached hydrogen (secondary N) is 1. The van der Waals surface area contributed by atoms with E-state index in [-0.39, 0.29) is 24.4 Å². The number of likely N-dealkylation sites (tertiary alicyclic amines) is 1. The molecule has 4 rings (SSSR count). The van der Waals surface area contributed by atoms with Gasteiger partial charge in [0.15, 0.2) is 0 Å². The first-order valence-corrected chi connectivity index (χ1v) is 9.05. The summed E-state index contributed by atoms with van der Waals surface area (Å²) < 4.78 is 0. The van der Waals surface area contributed by atoms with Gasteiger partial charge in [0, 0.05) is 12.6 Å². The standard InChI is InChI=1S/C19H23N3O3/c1-13-6-4-5-11-21(13)16(23)12-22-17(24)19(20-18(22)25)10-9-14-7-2-3-8-15(14)19/h2-3,7-8,13H,4-6,9-12H2,1H3,(H,20,25)/t13-,19-/m0/s1. The van der Waals surface area contributed by atoms with Gasteiger partial charge in [-0.3, -0.25) is 14.5 Å². The van der Waals surface area contributed by atoms with Crippen molar-refractivity contribution in [1.82, 2.24) is 15.1 Å². The maximum Gasteiger partial charge on any atom is 0.325 e. The second kappa shape index (κ2) is 5.86. The highest BCUT2D eigenvalue weighted by molar-refractivity contribution is 6.09. The van der Waals surface area contributed by atoms with Crippen LogP contribution < -0.4 is 5.32 Å². The second-order valence-corrected chi connectivity index (χ2v) is 7.32. The Morgan fingerprint density at radius 1 is 1.28 bits per heavy atom. The minimum absolute atomic E-state index is 0.140. The smallest absolute Gasteiger partial charge is 0.325 e. The van der Waals surface area contributed by atoms with Crippen LogP contribution in [0.5, 0.6) is 0 Å². The summed E-state index contributed by atoms with van der Waals surface area (Å²) >= 11 is 0. The zero-order valence-electron chi connectivity index (χ0n) is 14.5. The number of carbonyl (C=O) groups is 3. The van der Waals surface area contributed by atoms with Gasteiger partial charge < -0.3 is 10.2 Å². The first kappa shape index (κ1) is 16.1. The van der Waals surface area contributed by atoms with Crippen molar-refractivity contribution in [1.29, 1.82) is 0 Å². The molecule has 2 heterocycles. The molecule has 1 aliphatic carbocycles. The summed E-state index contributed by atoms with van der Waals surface area (Å²) in [6, 6.07) is 7.43. The Labute approximate surface area is 147 Å². The van der Waals surface area contributed by atoms with Crippen LogP contribution in [0.25, 0.3) is 0 Å². The fraction of sp³-hybridized carbons (Fsp3) is 0.526. The van der Waals surface area contributed by atoms with Crippen LogP contribution in [0.3, 0.4) is 0 Å². The zero-order chi connectivity index (χ0) is 17.6. The van der Waals surface area contributed by atoms with Crippen LogP contribution in [0, 0.1) is 0 Å². The third-order valence-corrected chi connectivity index (χ3v) is 5.84. The average molecular weight is 341 g/mol. The van der Waals surface area contributed by atoms with E-state index in [0.717, 1.165) is 41.7 Å². The molecule has 4 amide bonds. The molecule has 1 aromatic carbocycles. The van der Waals surface area contributed by atoms with Crippen molar-refractivity contribution in [3.05, 3.63) is 35.4 Å². The molecule has 2 fully saturated rings. The Balaban J connectivity index is 1.56. The van der Waals surface area contributed by atoms with Gasteiger partial charge in [-0.1, -0.05) is 24.3 Å². The normalized spacial score (nSPS) is 28.4. The van der Waals surface area contributed by atoms with Gasteiger partial charge in [0.25, 0.3) is 5.91 Å². The van der Waals surface area contributed by atoms with Gasteiger partial charge >= 0.3 is 6.03 Å². The van der Waals surface area contributed by atoms with Crippen molar-refractivity contribution in [2.75, 3.05) is 13.1 Å². The van der Waals surface area contributed by atoms with Crippen LogP contribution in [0.4, 0.5) is 4.79 Å². The molecule has 0 radical (unpaired) electrons. The van der Waals surface area contributed by atoms with E-state index in [0.29, 0.717) is 13.0 Å². The van der Waals surface area contributed by atoms with Crippen LogP contribution in [0.2, 0.25) is 0 Å². The molecule has 3 aliphatic rings. The van der Waals surface area contributed by atoms with Crippen molar-refractivity contribution in [3.8, 4) is 0 Å². The lowest BCUT2D eigenvalue weighted by Crippen LogP contribution is -2.48. The van der Waals surface area contributed by atoms with Gasteiger partial charge in [-0.05, 0) is 50.2 Å². The largest absolute Gasteiger partial charge is 0.338 e.